The Balaban J connectivity index is 1.95. The van der Waals surface area contributed by atoms with Crippen molar-refractivity contribution in [3.63, 3.8) is 0 Å². The van der Waals surface area contributed by atoms with Gasteiger partial charge >= 0.3 is 0 Å². The molecular formula is C14H15N3OS. The zero-order chi connectivity index (χ0) is 13.2. The molecule has 0 bridgehead atoms. The van der Waals surface area contributed by atoms with E-state index in [0.717, 1.165) is 23.8 Å². The quantitative estimate of drug-likeness (QED) is 0.870. The van der Waals surface area contributed by atoms with Crippen molar-refractivity contribution < 1.29 is 4.79 Å². The van der Waals surface area contributed by atoms with Crippen molar-refractivity contribution in [2.24, 2.45) is 5.92 Å². The molecule has 1 aliphatic heterocycles. The van der Waals surface area contributed by atoms with Crippen LogP contribution in [-0.2, 0) is 4.79 Å². The van der Waals surface area contributed by atoms with Gasteiger partial charge in [0.1, 0.15) is 5.82 Å². The van der Waals surface area contributed by atoms with Gasteiger partial charge < -0.3 is 0 Å². The largest absolute Gasteiger partial charge is 0.296 e. The maximum atomic E-state index is 12.1. The molecule has 0 aliphatic carbocycles. The fourth-order valence-corrected chi connectivity index (χ4v) is 2.64. The lowest BCUT2D eigenvalue weighted by Crippen LogP contribution is -2.27. The topological polar surface area (TPSA) is 38.1 Å². The summed E-state index contributed by atoms with van der Waals surface area (Å²) in [6.45, 7) is 0.723. The Kier molecular flexibility index (Phi) is 3.29. The Morgan fingerprint density at radius 1 is 1.26 bits per heavy atom. The highest BCUT2D eigenvalue weighted by Crippen LogP contribution is 2.27. The van der Waals surface area contributed by atoms with Crippen LogP contribution in [0.15, 0.2) is 42.6 Å². The van der Waals surface area contributed by atoms with E-state index < -0.39 is 0 Å². The molecule has 4 nitrogen and oxygen atoms in total. The Hall–Kier alpha value is -1.75. The van der Waals surface area contributed by atoms with Gasteiger partial charge in [-0.25, -0.2) is 4.68 Å². The number of carbonyl (C=O) groups is 1. The van der Waals surface area contributed by atoms with Crippen LogP contribution in [0.1, 0.15) is 6.42 Å². The van der Waals surface area contributed by atoms with E-state index in [1.165, 1.54) is 0 Å². The van der Waals surface area contributed by atoms with Crippen LogP contribution >= 0.6 is 12.6 Å². The molecule has 1 aliphatic rings. The number of nitrogens with zero attached hydrogens (tertiary/aromatic N) is 3. The maximum Gasteiger partial charge on any atom is 0.228 e. The number of benzene rings is 1. The van der Waals surface area contributed by atoms with Gasteiger partial charge in [-0.2, -0.15) is 17.7 Å². The summed E-state index contributed by atoms with van der Waals surface area (Å²) in [5.41, 5.74) is 0.963. The van der Waals surface area contributed by atoms with Crippen LogP contribution in [0.4, 0.5) is 5.82 Å². The highest BCUT2D eigenvalue weighted by Gasteiger charge is 2.31. The average molecular weight is 273 g/mol. The maximum absolute atomic E-state index is 12.1. The molecule has 1 unspecified atom stereocenters. The lowest BCUT2D eigenvalue weighted by Gasteiger charge is -2.17. The molecule has 0 saturated carbocycles. The van der Waals surface area contributed by atoms with Crippen LogP contribution in [0.25, 0.3) is 5.69 Å². The van der Waals surface area contributed by atoms with Crippen molar-refractivity contribution in [2.75, 3.05) is 17.2 Å². The molecule has 1 amide bonds. The standard InChI is InChI=1S/C14H15N3OS/c18-14-8-11(10-19)9-16(14)13-6-7-15-17(13)12-4-2-1-3-5-12/h1-7,11,19H,8-10H2. The third kappa shape index (κ3) is 2.26. The molecule has 19 heavy (non-hydrogen) atoms. The van der Waals surface area contributed by atoms with E-state index in [-0.39, 0.29) is 5.91 Å². The number of hydrogen-bond donors (Lipinski definition) is 1. The summed E-state index contributed by atoms with van der Waals surface area (Å²) < 4.78 is 1.80. The highest BCUT2D eigenvalue weighted by molar-refractivity contribution is 7.80. The monoisotopic (exact) mass is 273 g/mol. The van der Waals surface area contributed by atoms with Crippen LogP contribution < -0.4 is 4.90 Å². The fraction of sp³-hybridized carbons (Fsp3) is 0.286. The lowest BCUT2D eigenvalue weighted by atomic mass is 10.1. The van der Waals surface area contributed by atoms with Gasteiger partial charge in [0, 0.05) is 19.0 Å². The van der Waals surface area contributed by atoms with Gasteiger partial charge in [0.2, 0.25) is 5.91 Å². The predicted molar refractivity (Wildman–Crippen MR) is 77.9 cm³/mol. The number of aromatic nitrogens is 2. The second-order valence-electron chi connectivity index (χ2n) is 4.69. The van der Waals surface area contributed by atoms with Gasteiger partial charge in [0.05, 0.1) is 11.9 Å². The molecule has 3 rings (SSSR count). The van der Waals surface area contributed by atoms with Crippen molar-refractivity contribution >= 4 is 24.4 Å². The Bertz CT molecular complexity index is 581. The molecule has 1 fully saturated rings. The second-order valence-corrected chi connectivity index (χ2v) is 5.06. The average Bonchev–Trinajstić information content (AvgIpc) is 3.05. The normalized spacial score (nSPS) is 19.1. The zero-order valence-electron chi connectivity index (χ0n) is 10.4. The summed E-state index contributed by atoms with van der Waals surface area (Å²) in [6, 6.07) is 11.7. The smallest absolute Gasteiger partial charge is 0.228 e. The molecule has 2 heterocycles. The third-order valence-corrected chi connectivity index (χ3v) is 3.88. The summed E-state index contributed by atoms with van der Waals surface area (Å²) in [5.74, 6) is 2.05. The summed E-state index contributed by atoms with van der Waals surface area (Å²) in [4.78, 5) is 13.9. The summed E-state index contributed by atoms with van der Waals surface area (Å²) in [6.07, 6.45) is 2.30. The first kappa shape index (κ1) is 12.3. The molecule has 0 spiro atoms. The Labute approximate surface area is 117 Å². The van der Waals surface area contributed by atoms with Crippen LogP contribution in [0.5, 0.6) is 0 Å². The van der Waals surface area contributed by atoms with E-state index >= 15 is 0 Å². The van der Waals surface area contributed by atoms with Gasteiger partial charge in [-0.3, -0.25) is 9.69 Å². The Morgan fingerprint density at radius 2 is 2.05 bits per heavy atom. The molecule has 1 saturated heterocycles. The molecule has 98 valence electrons. The van der Waals surface area contributed by atoms with Crippen molar-refractivity contribution in [1.29, 1.82) is 0 Å². The van der Waals surface area contributed by atoms with Crippen LogP contribution in [0, 0.1) is 5.92 Å². The third-order valence-electron chi connectivity index (χ3n) is 3.36. The van der Waals surface area contributed by atoms with E-state index in [4.69, 9.17) is 0 Å². The number of rotatable bonds is 3. The molecule has 0 radical (unpaired) electrons. The van der Waals surface area contributed by atoms with Crippen LogP contribution in [0.2, 0.25) is 0 Å². The first-order valence-corrected chi connectivity index (χ1v) is 6.93. The zero-order valence-corrected chi connectivity index (χ0v) is 11.3. The number of para-hydroxylation sites is 1. The molecular weight excluding hydrogens is 258 g/mol. The predicted octanol–water partition coefficient (Wildman–Crippen LogP) is 2.16. The van der Waals surface area contributed by atoms with Gasteiger partial charge in [0.25, 0.3) is 0 Å². The van der Waals surface area contributed by atoms with Crippen molar-refractivity contribution in [3.8, 4) is 5.69 Å². The van der Waals surface area contributed by atoms with Crippen molar-refractivity contribution in [2.45, 2.75) is 6.42 Å². The minimum Gasteiger partial charge on any atom is -0.296 e. The van der Waals surface area contributed by atoms with Gasteiger partial charge in [-0.05, 0) is 23.8 Å². The van der Waals surface area contributed by atoms with Crippen LogP contribution in [0.3, 0.4) is 0 Å². The van der Waals surface area contributed by atoms with E-state index in [1.807, 2.05) is 36.4 Å². The number of thiol groups is 1. The summed E-state index contributed by atoms with van der Waals surface area (Å²) in [7, 11) is 0. The number of anilines is 1. The highest BCUT2D eigenvalue weighted by atomic mass is 32.1. The molecule has 1 aromatic carbocycles. The van der Waals surface area contributed by atoms with E-state index in [9.17, 15) is 4.79 Å². The molecule has 5 heteroatoms. The molecule has 1 atom stereocenters. The molecule has 0 N–H and O–H groups in total. The summed E-state index contributed by atoms with van der Waals surface area (Å²) in [5, 5.41) is 4.32. The number of amides is 1. The molecule has 1 aromatic heterocycles. The van der Waals surface area contributed by atoms with Gasteiger partial charge in [-0.1, -0.05) is 18.2 Å². The SMILES string of the molecule is O=C1CC(CS)CN1c1ccnn1-c1ccccc1. The first-order chi connectivity index (χ1) is 9.29. The second kappa shape index (κ2) is 5.09. The minimum absolute atomic E-state index is 0.150. The fourth-order valence-electron chi connectivity index (χ4n) is 2.39. The van der Waals surface area contributed by atoms with E-state index in [2.05, 4.69) is 17.7 Å². The minimum atomic E-state index is 0.150. The van der Waals surface area contributed by atoms with Gasteiger partial charge in [-0.15, -0.1) is 0 Å². The van der Waals surface area contributed by atoms with Crippen molar-refractivity contribution in [1.82, 2.24) is 9.78 Å². The number of hydrogen-bond acceptors (Lipinski definition) is 3. The van der Waals surface area contributed by atoms with Crippen LogP contribution in [-0.4, -0.2) is 28.0 Å². The Morgan fingerprint density at radius 3 is 2.74 bits per heavy atom. The van der Waals surface area contributed by atoms with E-state index in [0.29, 0.717) is 12.3 Å². The summed E-state index contributed by atoms with van der Waals surface area (Å²) >= 11 is 4.29. The van der Waals surface area contributed by atoms with Gasteiger partial charge in [0.15, 0.2) is 0 Å². The lowest BCUT2D eigenvalue weighted by molar-refractivity contribution is -0.117. The van der Waals surface area contributed by atoms with Crippen molar-refractivity contribution in [3.05, 3.63) is 42.6 Å². The molecule has 2 aromatic rings. The number of carbonyl (C=O) groups excluding carboxylic acids is 1. The first-order valence-electron chi connectivity index (χ1n) is 6.30. The van der Waals surface area contributed by atoms with E-state index in [1.54, 1.807) is 15.8 Å².